The van der Waals surface area contributed by atoms with Crippen molar-refractivity contribution in [3.8, 4) is 0 Å². The van der Waals surface area contributed by atoms with Crippen LogP contribution < -0.4 is 5.73 Å². The summed E-state index contributed by atoms with van der Waals surface area (Å²) in [7, 11) is 1.35. The molecular formula is C8H18ClNO2. The average molecular weight is 196 g/mol. The van der Waals surface area contributed by atoms with Crippen LogP contribution in [0.25, 0.3) is 0 Å². The largest absolute Gasteiger partial charge is 0.468 e. The number of methoxy groups -OCH3 is 1. The monoisotopic (exact) mass is 195 g/mol. The van der Waals surface area contributed by atoms with Gasteiger partial charge in [-0.2, -0.15) is 0 Å². The predicted octanol–water partition coefficient (Wildman–Crippen LogP) is 1.34. The van der Waals surface area contributed by atoms with E-state index in [9.17, 15) is 4.79 Å². The van der Waals surface area contributed by atoms with E-state index in [0.717, 1.165) is 0 Å². The molecule has 0 aliphatic heterocycles. The fourth-order valence-corrected chi connectivity index (χ4v) is 0.894. The Labute approximate surface area is 80.1 Å². The number of carbonyl (C=O) groups is 1. The van der Waals surface area contributed by atoms with Crippen LogP contribution in [0.3, 0.4) is 0 Å². The third-order valence-corrected chi connectivity index (χ3v) is 1.34. The van der Waals surface area contributed by atoms with E-state index in [1.165, 1.54) is 7.11 Å². The molecule has 0 rings (SSSR count). The first-order valence-electron chi connectivity index (χ1n) is 3.70. The average Bonchev–Trinajstić information content (AvgIpc) is 1.82. The van der Waals surface area contributed by atoms with Crippen LogP contribution in [0.2, 0.25) is 0 Å². The molecule has 0 saturated heterocycles. The summed E-state index contributed by atoms with van der Waals surface area (Å²) in [5.74, 6) is -0.333. The summed E-state index contributed by atoms with van der Waals surface area (Å²) in [6.45, 7) is 6.11. The summed E-state index contributed by atoms with van der Waals surface area (Å²) in [6.07, 6.45) is 0.652. The summed E-state index contributed by atoms with van der Waals surface area (Å²) in [5.41, 5.74) is 5.62. The zero-order chi connectivity index (χ0) is 9.07. The highest BCUT2D eigenvalue weighted by atomic mass is 35.5. The highest BCUT2D eigenvalue weighted by Gasteiger charge is 2.21. The first-order chi connectivity index (χ1) is 4.87. The van der Waals surface area contributed by atoms with Crippen molar-refractivity contribution < 1.29 is 9.53 Å². The molecule has 0 aliphatic rings. The van der Waals surface area contributed by atoms with Crippen LogP contribution in [-0.2, 0) is 9.53 Å². The lowest BCUT2D eigenvalue weighted by Crippen LogP contribution is -2.35. The topological polar surface area (TPSA) is 52.3 Å². The van der Waals surface area contributed by atoms with Gasteiger partial charge in [0.1, 0.15) is 6.04 Å². The fraction of sp³-hybridized carbons (Fsp3) is 0.875. The lowest BCUT2D eigenvalue weighted by atomic mass is 9.88. The number of carbonyl (C=O) groups excluding carboxylic acids is 1. The molecule has 0 heterocycles. The highest BCUT2D eigenvalue weighted by molar-refractivity contribution is 5.85. The zero-order valence-corrected chi connectivity index (χ0v) is 8.90. The minimum atomic E-state index is -0.486. The Kier molecular flexibility index (Phi) is 6.39. The van der Waals surface area contributed by atoms with Gasteiger partial charge in [0, 0.05) is 0 Å². The molecule has 1 atom stereocenters. The van der Waals surface area contributed by atoms with Crippen LogP contribution in [-0.4, -0.2) is 19.1 Å². The standard InChI is InChI=1S/C8H17NO2.ClH/c1-8(2,3)5-6(9)7(10)11-4;/h6H,5,9H2,1-4H3;1H/t6-;/m1./s1. The van der Waals surface area contributed by atoms with Crippen molar-refractivity contribution in [2.24, 2.45) is 11.1 Å². The fourth-order valence-electron chi connectivity index (χ4n) is 0.894. The Morgan fingerprint density at radius 1 is 1.50 bits per heavy atom. The maximum Gasteiger partial charge on any atom is 0.322 e. The molecule has 0 aromatic rings. The van der Waals surface area contributed by atoms with Crippen molar-refractivity contribution in [2.45, 2.75) is 33.2 Å². The van der Waals surface area contributed by atoms with Crippen molar-refractivity contribution in [1.82, 2.24) is 0 Å². The molecule has 4 heteroatoms. The van der Waals surface area contributed by atoms with Gasteiger partial charge in [-0.25, -0.2) is 0 Å². The van der Waals surface area contributed by atoms with Crippen molar-refractivity contribution in [3.05, 3.63) is 0 Å². The second-order valence-electron chi connectivity index (χ2n) is 3.89. The Morgan fingerprint density at radius 3 is 2.17 bits per heavy atom. The van der Waals surface area contributed by atoms with Gasteiger partial charge in [0.05, 0.1) is 7.11 Å². The van der Waals surface area contributed by atoms with E-state index in [2.05, 4.69) is 4.74 Å². The Balaban J connectivity index is 0. The quantitative estimate of drug-likeness (QED) is 0.677. The number of esters is 1. The van der Waals surface area contributed by atoms with E-state index >= 15 is 0 Å². The van der Waals surface area contributed by atoms with Crippen LogP contribution in [0.1, 0.15) is 27.2 Å². The van der Waals surface area contributed by atoms with Crippen molar-refractivity contribution in [2.75, 3.05) is 7.11 Å². The van der Waals surface area contributed by atoms with E-state index in [1.54, 1.807) is 0 Å². The van der Waals surface area contributed by atoms with Crippen LogP contribution in [0, 0.1) is 5.41 Å². The van der Waals surface area contributed by atoms with E-state index in [1.807, 2.05) is 20.8 Å². The highest BCUT2D eigenvalue weighted by Crippen LogP contribution is 2.19. The molecule has 0 saturated carbocycles. The molecule has 0 fully saturated rings. The number of ether oxygens (including phenoxy) is 1. The van der Waals surface area contributed by atoms with Crippen molar-refractivity contribution >= 4 is 18.4 Å². The third-order valence-electron chi connectivity index (χ3n) is 1.34. The van der Waals surface area contributed by atoms with Crippen LogP contribution >= 0.6 is 12.4 Å². The number of nitrogens with two attached hydrogens (primary N) is 1. The van der Waals surface area contributed by atoms with Gasteiger partial charge >= 0.3 is 5.97 Å². The predicted molar refractivity (Wildman–Crippen MR) is 51.3 cm³/mol. The summed E-state index contributed by atoms with van der Waals surface area (Å²) in [5, 5.41) is 0. The summed E-state index contributed by atoms with van der Waals surface area (Å²) in [4.78, 5) is 10.8. The van der Waals surface area contributed by atoms with Gasteiger partial charge in [-0.1, -0.05) is 20.8 Å². The summed E-state index contributed by atoms with van der Waals surface area (Å²) in [6, 6.07) is -0.486. The number of halogens is 1. The smallest absolute Gasteiger partial charge is 0.322 e. The maximum atomic E-state index is 10.8. The molecule has 0 aliphatic carbocycles. The second kappa shape index (κ2) is 5.38. The normalized spacial score (nSPS) is 13.1. The maximum absolute atomic E-state index is 10.8. The molecule has 0 bridgehead atoms. The lowest BCUT2D eigenvalue weighted by Gasteiger charge is -2.21. The van der Waals surface area contributed by atoms with Gasteiger partial charge < -0.3 is 10.5 Å². The molecule has 12 heavy (non-hydrogen) atoms. The Hall–Kier alpha value is -0.280. The Bertz CT molecular complexity index is 142. The van der Waals surface area contributed by atoms with Gasteiger partial charge in [-0.15, -0.1) is 12.4 Å². The SMILES string of the molecule is COC(=O)[C@H](N)CC(C)(C)C.Cl. The van der Waals surface area contributed by atoms with Crippen LogP contribution in [0.5, 0.6) is 0 Å². The molecular weight excluding hydrogens is 178 g/mol. The van der Waals surface area contributed by atoms with E-state index in [0.29, 0.717) is 6.42 Å². The van der Waals surface area contributed by atoms with Gasteiger partial charge in [0.15, 0.2) is 0 Å². The Morgan fingerprint density at radius 2 is 1.92 bits per heavy atom. The number of hydrogen-bond donors (Lipinski definition) is 1. The van der Waals surface area contributed by atoms with Crippen LogP contribution in [0.4, 0.5) is 0 Å². The van der Waals surface area contributed by atoms with Gasteiger partial charge in [-0.05, 0) is 11.8 Å². The van der Waals surface area contributed by atoms with Crippen molar-refractivity contribution in [1.29, 1.82) is 0 Å². The molecule has 2 N–H and O–H groups in total. The molecule has 0 radical (unpaired) electrons. The van der Waals surface area contributed by atoms with E-state index in [4.69, 9.17) is 5.73 Å². The number of rotatable bonds is 2. The van der Waals surface area contributed by atoms with Crippen LogP contribution in [0.15, 0.2) is 0 Å². The second-order valence-corrected chi connectivity index (χ2v) is 3.89. The van der Waals surface area contributed by atoms with Gasteiger partial charge in [0.2, 0.25) is 0 Å². The van der Waals surface area contributed by atoms with E-state index < -0.39 is 6.04 Å². The molecule has 0 aromatic heterocycles. The molecule has 0 aromatic carbocycles. The molecule has 74 valence electrons. The first-order valence-corrected chi connectivity index (χ1v) is 3.70. The minimum Gasteiger partial charge on any atom is -0.468 e. The molecule has 0 unspecified atom stereocenters. The lowest BCUT2D eigenvalue weighted by molar-refractivity contribution is -0.142. The first kappa shape index (κ1) is 14.3. The number of hydrogen-bond acceptors (Lipinski definition) is 3. The molecule has 3 nitrogen and oxygen atoms in total. The van der Waals surface area contributed by atoms with E-state index in [-0.39, 0.29) is 23.8 Å². The van der Waals surface area contributed by atoms with Gasteiger partial charge in [0.25, 0.3) is 0 Å². The van der Waals surface area contributed by atoms with Crippen molar-refractivity contribution in [3.63, 3.8) is 0 Å². The third kappa shape index (κ3) is 6.43. The molecule has 0 amide bonds. The zero-order valence-electron chi connectivity index (χ0n) is 8.09. The summed E-state index contributed by atoms with van der Waals surface area (Å²) >= 11 is 0. The summed E-state index contributed by atoms with van der Waals surface area (Å²) < 4.78 is 4.49. The minimum absolute atomic E-state index is 0. The molecule has 0 spiro atoms. The van der Waals surface area contributed by atoms with Gasteiger partial charge in [-0.3, -0.25) is 4.79 Å².